The minimum Gasteiger partial charge on any atom is -0.550 e. The van der Waals surface area contributed by atoms with Crippen LogP contribution in [0.1, 0.15) is 12.8 Å². The molecule has 1 radical (unpaired) electrons. The number of hydrogen-bond donors (Lipinski definition) is 2. The van der Waals surface area contributed by atoms with Gasteiger partial charge < -0.3 is 50.4 Å². The van der Waals surface area contributed by atoms with Crippen molar-refractivity contribution in [3.8, 4) is 0 Å². The van der Waals surface area contributed by atoms with Crippen molar-refractivity contribution < 1.29 is 61.8 Å². The Morgan fingerprint density at radius 2 is 1.16 bits per heavy atom. The van der Waals surface area contributed by atoms with E-state index in [-0.39, 0.29) is 23.6 Å². The predicted molar refractivity (Wildman–Crippen MR) is 43.3 cm³/mol. The zero-order chi connectivity index (χ0) is 14.9. The maximum Gasteiger partial charge on any atom is 0.114 e. The molecule has 0 spiro atoms. The molecular formula is C8H9CuNO9-4. The van der Waals surface area contributed by atoms with Crippen molar-refractivity contribution in [1.82, 2.24) is 0 Å². The largest absolute Gasteiger partial charge is 0.550 e. The number of carbonyl (C=O) groups excluding carboxylic acids is 4. The molecule has 115 valence electrons. The Morgan fingerprint density at radius 1 is 0.895 bits per heavy atom. The maximum absolute atomic E-state index is 10.1. The van der Waals surface area contributed by atoms with Gasteiger partial charge in [-0.2, -0.15) is 0 Å². The van der Waals surface area contributed by atoms with Crippen LogP contribution in [0.15, 0.2) is 0 Å². The van der Waals surface area contributed by atoms with Crippen LogP contribution in [-0.2, 0) is 36.2 Å². The summed E-state index contributed by atoms with van der Waals surface area (Å²) in [5.41, 5.74) is 1.53. The second-order valence-electron chi connectivity index (χ2n) is 2.99. The van der Waals surface area contributed by atoms with E-state index < -0.39 is 42.3 Å². The Labute approximate surface area is 117 Å². The van der Waals surface area contributed by atoms with Crippen LogP contribution in [0.2, 0.25) is 0 Å². The van der Waals surface area contributed by atoms with Crippen LogP contribution in [0.25, 0.3) is 0 Å². The molecule has 19 heavy (non-hydrogen) atoms. The monoisotopic (exact) mass is 326 g/mol. The first-order valence-corrected chi connectivity index (χ1v) is 4.28. The van der Waals surface area contributed by atoms with Gasteiger partial charge in [-0.1, -0.05) is 0 Å². The van der Waals surface area contributed by atoms with Crippen molar-refractivity contribution in [2.24, 2.45) is 5.73 Å². The summed E-state index contributed by atoms with van der Waals surface area (Å²) in [7, 11) is 0. The molecule has 0 bridgehead atoms. The third kappa shape index (κ3) is 12.6. The Kier molecular flexibility index (Phi) is 12.1. The Balaban J connectivity index is -0.000000366. The molecule has 0 saturated carbocycles. The van der Waals surface area contributed by atoms with Gasteiger partial charge in [0.25, 0.3) is 0 Å². The van der Waals surface area contributed by atoms with Crippen LogP contribution in [0.5, 0.6) is 0 Å². The van der Waals surface area contributed by atoms with Gasteiger partial charge in [-0.25, -0.2) is 0 Å². The van der Waals surface area contributed by atoms with E-state index in [0.29, 0.717) is 0 Å². The third-order valence-corrected chi connectivity index (χ3v) is 1.42. The topological polar surface area (TPSA) is 207 Å². The first-order valence-electron chi connectivity index (χ1n) is 4.28. The molecule has 0 fully saturated rings. The van der Waals surface area contributed by atoms with Gasteiger partial charge in [0, 0.05) is 48.4 Å². The summed E-state index contributed by atoms with van der Waals surface area (Å²) in [6.07, 6.45) is -2.72. The first-order chi connectivity index (χ1) is 8.05. The normalized spacial score (nSPS) is 9.37. The predicted octanol–water partition coefficient (Wildman–Crippen LogP) is -7.56. The van der Waals surface area contributed by atoms with Crippen LogP contribution in [0, 0.1) is 0 Å². The molecule has 0 amide bonds. The molecule has 3 N–H and O–H groups in total. The third-order valence-electron chi connectivity index (χ3n) is 1.42. The van der Waals surface area contributed by atoms with Crippen LogP contribution in [-0.4, -0.2) is 41.1 Å². The van der Waals surface area contributed by atoms with E-state index in [1.54, 1.807) is 0 Å². The number of nitrogens with two attached hydrogens (primary N) is 1. The van der Waals surface area contributed by atoms with E-state index in [9.17, 15) is 29.7 Å². The van der Waals surface area contributed by atoms with Crippen molar-refractivity contribution in [3.63, 3.8) is 0 Å². The summed E-state index contributed by atoms with van der Waals surface area (Å²) >= 11 is 0. The fourth-order valence-electron chi connectivity index (χ4n) is 0.684. The second-order valence-corrected chi connectivity index (χ2v) is 2.99. The average Bonchev–Trinajstić information content (AvgIpc) is 2.15. The van der Waals surface area contributed by atoms with E-state index in [4.69, 9.17) is 15.0 Å². The van der Waals surface area contributed by atoms with Crippen molar-refractivity contribution in [2.45, 2.75) is 18.4 Å². The molecule has 0 saturated heterocycles. The molecular weight excluding hydrogens is 318 g/mol. The zero-order valence-electron chi connectivity index (χ0n) is 9.21. The number of rotatable bonds is 6. The van der Waals surface area contributed by atoms with Gasteiger partial charge in [0.05, 0.1) is 11.9 Å². The summed E-state index contributed by atoms with van der Waals surface area (Å²) in [5, 5.41) is 48.1. The Hall–Kier alpha value is -1.68. The molecule has 0 atom stereocenters. The van der Waals surface area contributed by atoms with Gasteiger partial charge in [-0.05, 0) is 0 Å². The maximum atomic E-state index is 10.1. The average molecular weight is 327 g/mol. The summed E-state index contributed by atoms with van der Waals surface area (Å²) in [6.45, 7) is -0.389. The van der Waals surface area contributed by atoms with Crippen molar-refractivity contribution >= 4 is 23.9 Å². The molecule has 0 aliphatic rings. The van der Waals surface area contributed by atoms with Crippen LogP contribution < -0.4 is 26.2 Å². The van der Waals surface area contributed by atoms with Crippen LogP contribution >= 0.6 is 0 Å². The van der Waals surface area contributed by atoms with E-state index in [2.05, 4.69) is 5.73 Å². The number of carboxylic acids is 4. The minimum atomic E-state index is -2.97. The first kappa shape index (κ1) is 22.5. The van der Waals surface area contributed by atoms with E-state index in [0.717, 1.165) is 0 Å². The molecule has 11 heteroatoms. The van der Waals surface area contributed by atoms with Gasteiger partial charge in [-0.3, -0.25) is 0 Å². The van der Waals surface area contributed by atoms with Gasteiger partial charge in [0.15, 0.2) is 0 Å². The van der Waals surface area contributed by atoms with Crippen molar-refractivity contribution in [1.29, 1.82) is 0 Å². The fraction of sp³-hybridized carbons (Fsp3) is 0.500. The van der Waals surface area contributed by atoms with Crippen LogP contribution in [0.3, 0.4) is 0 Å². The molecule has 0 rings (SSSR count). The summed E-state index contributed by atoms with van der Waals surface area (Å²) in [4.78, 5) is 39.1. The smallest absolute Gasteiger partial charge is 0.114 e. The fourth-order valence-corrected chi connectivity index (χ4v) is 0.684. The van der Waals surface area contributed by atoms with E-state index in [1.165, 1.54) is 0 Å². The number of carboxylic acid groups (broad SMARTS) is 4. The Bertz CT molecular complexity index is 327. The second kappa shape index (κ2) is 10.3. The SMILES string of the molecule is NCC(=O)[O-].O=C([O-])CC(O)(CC(=O)[O-])C(=O)[O-].[Cu]. The Morgan fingerprint density at radius 3 is 1.26 bits per heavy atom. The molecule has 0 heterocycles. The van der Waals surface area contributed by atoms with Gasteiger partial charge in [0.2, 0.25) is 0 Å². The minimum absolute atomic E-state index is 0. The van der Waals surface area contributed by atoms with Gasteiger partial charge >= 0.3 is 0 Å². The summed E-state index contributed by atoms with van der Waals surface area (Å²) in [5.74, 6) is -7.20. The molecule has 0 aromatic rings. The molecule has 0 aromatic carbocycles. The van der Waals surface area contributed by atoms with Gasteiger partial charge in [-0.15, -0.1) is 0 Å². The number of carbonyl (C=O) groups is 4. The quantitative estimate of drug-likeness (QED) is 0.440. The molecule has 0 aliphatic carbocycles. The standard InChI is InChI=1S/C6H8O7.C2H5NO2.Cu/c7-3(8)1-6(13,5(11)12)2-4(9)10;3-1-2(4)5;/h13H,1-2H2,(H,7,8)(H,9,10)(H,11,12);1,3H2,(H,4,5);/p-4. The number of aliphatic hydroxyl groups is 1. The molecule has 10 nitrogen and oxygen atoms in total. The van der Waals surface area contributed by atoms with Crippen LogP contribution in [0.4, 0.5) is 0 Å². The molecule has 0 aromatic heterocycles. The number of hydrogen-bond acceptors (Lipinski definition) is 10. The summed E-state index contributed by atoms with van der Waals surface area (Å²) < 4.78 is 0. The molecule has 0 aliphatic heterocycles. The van der Waals surface area contributed by atoms with Crippen molar-refractivity contribution in [2.75, 3.05) is 6.54 Å². The van der Waals surface area contributed by atoms with E-state index >= 15 is 0 Å². The van der Waals surface area contributed by atoms with Crippen molar-refractivity contribution in [3.05, 3.63) is 0 Å². The molecule has 0 unspecified atom stereocenters. The van der Waals surface area contributed by atoms with Gasteiger partial charge in [0.1, 0.15) is 5.60 Å². The van der Waals surface area contributed by atoms with E-state index in [1.807, 2.05) is 0 Å². The zero-order valence-corrected chi connectivity index (χ0v) is 10.2. The summed E-state index contributed by atoms with van der Waals surface area (Å²) in [6, 6.07) is 0. The number of aliphatic carboxylic acids is 4.